The molecule has 3 heteroatoms. The summed E-state index contributed by atoms with van der Waals surface area (Å²) in [5, 5.41) is 0.790. The number of esters is 1. The summed E-state index contributed by atoms with van der Waals surface area (Å²) in [6.07, 6.45) is 2.72. The van der Waals surface area contributed by atoms with Gasteiger partial charge < -0.3 is 4.74 Å². The predicted molar refractivity (Wildman–Crippen MR) is 51.9 cm³/mol. The molecule has 0 aliphatic rings. The monoisotopic (exact) mass is 186 g/mol. The second-order valence-corrected chi connectivity index (χ2v) is 2.80. The summed E-state index contributed by atoms with van der Waals surface area (Å²) in [4.78, 5) is 15.4. The van der Waals surface area contributed by atoms with Crippen molar-refractivity contribution in [3.05, 3.63) is 42.1 Å². The van der Waals surface area contributed by atoms with Crippen LogP contribution in [0.3, 0.4) is 0 Å². The van der Waals surface area contributed by atoms with E-state index in [1.165, 1.54) is 7.11 Å². The van der Waals surface area contributed by atoms with Crippen LogP contribution in [0.25, 0.3) is 10.9 Å². The highest BCUT2D eigenvalue weighted by Gasteiger charge is 2.09. The fourth-order valence-corrected chi connectivity index (χ4v) is 1.34. The van der Waals surface area contributed by atoms with Crippen LogP contribution < -0.4 is 0 Å². The molecule has 0 fully saturated rings. The third-order valence-corrected chi connectivity index (χ3v) is 2.00. The van der Waals surface area contributed by atoms with Gasteiger partial charge in [0.15, 0.2) is 0 Å². The van der Waals surface area contributed by atoms with E-state index in [-0.39, 0.29) is 5.97 Å². The van der Waals surface area contributed by atoms with Crippen LogP contribution in [0.1, 0.15) is 10.4 Å². The lowest BCUT2D eigenvalue weighted by molar-refractivity contribution is 0.0603. The van der Waals surface area contributed by atoms with E-state index in [0.717, 1.165) is 10.9 Å². The van der Waals surface area contributed by atoms with Crippen molar-refractivity contribution < 1.29 is 9.53 Å². The molecule has 1 aromatic carbocycles. The van der Waals surface area contributed by atoms with E-state index in [1.54, 1.807) is 24.3 Å². The Balaban J connectivity index is 2.71. The van der Waals surface area contributed by atoms with Gasteiger partial charge in [0, 0.05) is 5.39 Å². The second kappa shape index (κ2) is 3.46. The Morgan fingerprint density at radius 2 is 2.29 bits per heavy atom. The van der Waals surface area contributed by atoms with Gasteiger partial charge >= 0.3 is 5.97 Å². The molecule has 0 N–H and O–H groups in total. The molecule has 0 unspecified atom stereocenters. The van der Waals surface area contributed by atoms with Gasteiger partial charge in [-0.25, -0.2) is 9.78 Å². The molecule has 0 bridgehead atoms. The summed E-state index contributed by atoms with van der Waals surface area (Å²) in [5.41, 5.74) is 1.28. The maximum atomic E-state index is 11.4. The Labute approximate surface area is 81.3 Å². The summed E-state index contributed by atoms with van der Waals surface area (Å²) in [6.45, 7) is 0. The van der Waals surface area contributed by atoms with E-state index in [0.29, 0.717) is 5.56 Å². The highest BCUT2D eigenvalue weighted by Crippen LogP contribution is 2.16. The topological polar surface area (TPSA) is 39.2 Å². The molecule has 0 amide bonds. The molecular formula is C11H8NO2. The number of carbonyl (C=O) groups is 1. The molecule has 0 aliphatic heterocycles. The number of aromatic nitrogens is 1. The first-order valence-electron chi connectivity index (χ1n) is 4.17. The molecule has 1 heterocycles. The van der Waals surface area contributed by atoms with E-state index in [2.05, 4.69) is 15.9 Å². The fraction of sp³-hybridized carbons (Fsp3) is 0.0909. The molecule has 0 atom stereocenters. The van der Waals surface area contributed by atoms with Gasteiger partial charge in [-0.3, -0.25) is 0 Å². The molecule has 14 heavy (non-hydrogen) atoms. The molecule has 1 aromatic heterocycles. The zero-order valence-electron chi connectivity index (χ0n) is 7.65. The van der Waals surface area contributed by atoms with Gasteiger partial charge in [-0.05, 0) is 24.3 Å². The summed E-state index contributed by atoms with van der Waals surface area (Å²) in [5.74, 6) is -0.344. The highest BCUT2D eigenvalue weighted by molar-refractivity contribution is 6.03. The van der Waals surface area contributed by atoms with Crippen molar-refractivity contribution in [2.75, 3.05) is 7.11 Å². The van der Waals surface area contributed by atoms with Gasteiger partial charge in [-0.1, -0.05) is 6.07 Å². The highest BCUT2D eigenvalue weighted by atomic mass is 16.5. The van der Waals surface area contributed by atoms with Crippen molar-refractivity contribution in [3.63, 3.8) is 0 Å². The van der Waals surface area contributed by atoms with Crippen LogP contribution in [-0.2, 0) is 4.74 Å². The van der Waals surface area contributed by atoms with Crippen LogP contribution in [-0.4, -0.2) is 18.1 Å². The lowest BCUT2D eigenvalue weighted by Crippen LogP contribution is -2.01. The average molecular weight is 186 g/mol. The van der Waals surface area contributed by atoms with E-state index < -0.39 is 0 Å². The Bertz CT molecular complexity index is 474. The van der Waals surface area contributed by atoms with Gasteiger partial charge in [0.2, 0.25) is 0 Å². The number of pyridine rings is 1. The van der Waals surface area contributed by atoms with Crippen molar-refractivity contribution in [2.45, 2.75) is 0 Å². The van der Waals surface area contributed by atoms with Crippen molar-refractivity contribution in [3.8, 4) is 0 Å². The Morgan fingerprint density at radius 1 is 1.43 bits per heavy atom. The lowest BCUT2D eigenvalue weighted by atomic mass is 10.1. The first-order chi connectivity index (χ1) is 6.83. The number of rotatable bonds is 1. The van der Waals surface area contributed by atoms with E-state index in [1.807, 2.05) is 6.07 Å². The molecule has 0 saturated heterocycles. The fourth-order valence-electron chi connectivity index (χ4n) is 1.34. The molecule has 2 aromatic rings. The molecule has 2 rings (SSSR count). The van der Waals surface area contributed by atoms with Crippen molar-refractivity contribution >= 4 is 16.9 Å². The smallest absolute Gasteiger partial charge is 0.338 e. The minimum Gasteiger partial charge on any atom is -0.465 e. The van der Waals surface area contributed by atoms with Crippen molar-refractivity contribution in [1.29, 1.82) is 0 Å². The first-order valence-corrected chi connectivity index (χ1v) is 4.17. The van der Waals surface area contributed by atoms with Crippen molar-refractivity contribution in [2.24, 2.45) is 0 Å². The van der Waals surface area contributed by atoms with Crippen LogP contribution in [0, 0.1) is 6.20 Å². The maximum absolute atomic E-state index is 11.4. The summed E-state index contributed by atoms with van der Waals surface area (Å²) >= 11 is 0. The number of nitrogens with zero attached hydrogens (tertiary/aromatic N) is 1. The predicted octanol–water partition coefficient (Wildman–Crippen LogP) is 1.82. The molecule has 1 radical (unpaired) electrons. The van der Waals surface area contributed by atoms with Crippen molar-refractivity contribution in [1.82, 2.24) is 4.98 Å². The summed E-state index contributed by atoms with van der Waals surface area (Å²) in [7, 11) is 1.36. The summed E-state index contributed by atoms with van der Waals surface area (Å²) in [6, 6.07) is 8.80. The SMILES string of the molecule is COC(=O)c1cccc2n[c]ccc12. The van der Waals surface area contributed by atoms with Crippen LogP contribution in [0.4, 0.5) is 0 Å². The molecule has 0 saturated carbocycles. The van der Waals surface area contributed by atoms with Gasteiger partial charge in [0.05, 0.1) is 24.4 Å². The first kappa shape index (κ1) is 8.69. The van der Waals surface area contributed by atoms with Crippen LogP contribution in [0.2, 0.25) is 0 Å². The maximum Gasteiger partial charge on any atom is 0.338 e. The molecule has 3 nitrogen and oxygen atoms in total. The Morgan fingerprint density at radius 3 is 3.07 bits per heavy atom. The lowest BCUT2D eigenvalue weighted by Gasteiger charge is -2.02. The zero-order valence-corrected chi connectivity index (χ0v) is 7.65. The van der Waals surface area contributed by atoms with E-state index in [4.69, 9.17) is 0 Å². The number of fused-ring (bicyclic) bond motifs is 1. The van der Waals surface area contributed by atoms with E-state index in [9.17, 15) is 4.79 Å². The molecule has 69 valence electrons. The number of ether oxygens (including phenoxy) is 1. The Kier molecular flexibility index (Phi) is 2.14. The number of hydrogen-bond donors (Lipinski definition) is 0. The largest absolute Gasteiger partial charge is 0.465 e. The number of benzene rings is 1. The quantitative estimate of drug-likeness (QED) is 0.638. The minimum atomic E-state index is -0.344. The summed E-state index contributed by atoms with van der Waals surface area (Å²) < 4.78 is 4.67. The third kappa shape index (κ3) is 1.33. The number of methoxy groups -OCH3 is 1. The zero-order chi connectivity index (χ0) is 9.97. The molecule has 0 aliphatic carbocycles. The van der Waals surface area contributed by atoms with Crippen LogP contribution >= 0.6 is 0 Å². The van der Waals surface area contributed by atoms with E-state index >= 15 is 0 Å². The standard InChI is InChI=1S/C11H8NO2/c1-14-11(13)9-4-2-6-10-8(9)5-3-7-12-10/h2-6H,1H3. The number of carbonyl (C=O) groups excluding carboxylic acids is 1. The molecule has 0 spiro atoms. The Hall–Kier alpha value is -1.90. The minimum absolute atomic E-state index is 0.344. The van der Waals surface area contributed by atoms with Crippen LogP contribution in [0.15, 0.2) is 30.3 Å². The van der Waals surface area contributed by atoms with Crippen LogP contribution in [0.5, 0.6) is 0 Å². The van der Waals surface area contributed by atoms with Gasteiger partial charge in [0.25, 0.3) is 0 Å². The normalized spacial score (nSPS) is 10.1. The average Bonchev–Trinajstić information content (AvgIpc) is 2.27. The third-order valence-electron chi connectivity index (χ3n) is 2.00. The molecular weight excluding hydrogens is 178 g/mol. The second-order valence-electron chi connectivity index (χ2n) is 2.80. The van der Waals surface area contributed by atoms with Gasteiger partial charge in [0.1, 0.15) is 0 Å². The number of hydrogen-bond acceptors (Lipinski definition) is 3. The van der Waals surface area contributed by atoms with Gasteiger partial charge in [-0.15, -0.1) is 0 Å². The van der Waals surface area contributed by atoms with Gasteiger partial charge in [-0.2, -0.15) is 0 Å².